The van der Waals surface area contributed by atoms with E-state index in [1.165, 1.54) is 0 Å². The molecule has 1 aromatic carbocycles. The van der Waals surface area contributed by atoms with E-state index in [1.807, 2.05) is 31.2 Å². The molecule has 2 heteroatoms. The molecule has 0 aliphatic rings. The molecular formula is C14H19NO. The molecule has 0 spiro atoms. The normalized spacial score (nSPS) is 11.9. The third kappa shape index (κ3) is 2.77. The lowest BCUT2D eigenvalue weighted by atomic mass is 10.0. The third-order valence-corrected chi connectivity index (χ3v) is 2.69. The number of hydrogen-bond donors (Lipinski definition) is 1. The third-order valence-electron chi connectivity index (χ3n) is 2.69. The highest BCUT2D eigenvalue weighted by Gasteiger charge is 2.13. The molecule has 1 N–H and O–H groups in total. The summed E-state index contributed by atoms with van der Waals surface area (Å²) in [4.78, 5) is 2.09. The zero-order valence-corrected chi connectivity index (χ0v) is 9.98. The van der Waals surface area contributed by atoms with Gasteiger partial charge in [-0.2, -0.15) is 0 Å². The summed E-state index contributed by atoms with van der Waals surface area (Å²) in [5.41, 5.74) is 2.00. The number of para-hydroxylation sites is 1. The Morgan fingerprint density at radius 3 is 2.62 bits per heavy atom. The van der Waals surface area contributed by atoms with E-state index in [-0.39, 0.29) is 0 Å². The van der Waals surface area contributed by atoms with E-state index in [2.05, 4.69) is 17.7 Å². The molecule has 1 aromatic rings. The molecule has 0 bridgehead atoms. The van der Waals surface area contributed by atoms with Crippen molar-refractivity contribution in [2.75, 3.05) is 18.0 Å². The topological polar surface area (TPSA) is 23.5 Å². The molecule has 0 saturated carbocycles. The van der Waals surface area contributed by atoms with Crippen molar-refractivity contribution in [2.24, 2.45) is 0 Å². The molecule has 0 heterocycles. The van der Waals surface area contributed by atoms with Crippen LogP contribution in [0.3, 0.4) is 0 Å². The van der Waals surface area contributed by atoms with Crippen LogP contribution in [-0.2, 0) is 0 Å². The molecule has 0 aliphatic heterocycles. The number of nitrogens with zero attached hydrogens (tertiary/aromatic N) is 1. The summed E-state index contributed by atoms with van der Waals surface area (Å²) < 4.78 is 0. The van der Waals surface area contributed by atoms with E-state index in [0.717, 1.165) is 17.8 Å². The first-order chi connectivity index (χ1) is 7.74. The van der Waals surface area contributed by atoms with Crippen molar-refractivity contribution in [1.29, 1.82) is 0 Å². The van der Waals surface area contributed by atoms with Crippen LogP contribution < -0.4 is 4.90 Å². The summed E-state index contributed by atoms with van der Waals surface area (Å²) in [5.74, 6) is 2.65. The summed E-state index contributed by atoms with van der Waals surface area (Å²) in [6, 6.07) is 7.89. The number of hydrogen-bond acceptors (Lipinski definition) is 2. The Kier molecular flexibility index (Phi) is 4.88. The van der Waals surface area contributed by atoms with E-state index in [4.69, 9.17) is 6.42 Å². The second-order valence-electron chi connectivity index (χ2n) is 3.70. The summed E-state index contributed by atoms with van der Waals surface area (Å²) in [7, 11) is 0. The fourth-order valence-corrected chi connectivity index (χ4v) is 1.75. The Morgan fingerprint density at radius 2 is 2.06 bits per heavy atom. The number of terminal acetylenes is 1. The summed E-state index contributed by atoms with van der Waals surface area (Å²) in [5, 5.41) is 9.94. The minimum absolute atomic E-state index is 0.414. The van der Waals surface area contributed by atoms with Gasteiger partial charge in [0.25, 0.3) is 0 Å². The zero-order chi connectivity index (χ0) is 12.0. The first-order valence-corrected chi connectivity index (χ1v) is 5.69. The van der Waals surface area contributed by atoms with Crippen molar-refractivity contribution in [3.8, 4) is 12.3 Å². The molecule has 0 amide bonds. The van der Waals surface area contributed by atoms with Gasteiger partial charge in [-0.05, 0) is 19.4 Å². The molecular weight excluding hydrogens is 198 g/mol. The maximum atomic E-state index is 9.94. The fourth-order valence-electron chi connectivity index (χ4n) is 1.75. The molecule has 1 atom stereocenters. The largest absolute Gasteiger partial charge is 0.388 e. The van der Waals surface area contributed by atoms with Gasteiger partial charge in [-0.1, -0.05) is 31.0 Å². The van der Waals surface area contributed by atoms with E-state index in [9.17, 15) is 5.11 Å². The van der Waals surface area contributed by atoms with Gasteiger partial charge in [0.1, 0.15) is 0 Å². The average molecular weight is 217 g/mol. The second-order valence-corrected chi connectivity index (χ2v) is 3.70. The van der Waals surface area contributed by atoms with Crippen molar-refractivity contribution < 1.29 is 5.11 Å². The van der Waals surface area contributed by atoms with E-state index >= 15 is 0 Å². The van der Waals surface area contributed by atoms with Gasteiger partial charge in [0, 0.05) is 17.8 Å². The summed E-state index contributed by atoms with van der Waals surface area (Å²) in [6.45, 7) is 5.45. The summed E-state index contributed by atoms with van der Waals surface area (Å²) >= 11 is 0. The van der Waals surface area contributed by atoms with Gasteiger partial charge < -0.3 is 10.0 Å². The molecule has 16 heavy (non-hydrogen) atoms. The smallest absolute Gasteiger partial charge is 0.0807 e. The Labute approximate surface area is 97.9 Å². The van der Waals surface area contributed by atoms with E-state index in [1.54, 1.807) is 0 Å². The fraction of sp³-hybridized carbons (Fsp3) is 0.429. The number of rotatable bonds is 5. The highest BCUT2D eigenvalue weighted by molar-refractivity contribution is 5.55. The van der Waals surface area contributed by atoms with Gasteiger partial charge >= 0.3 is 0 Å². The Bertz CT molecular complexity index is 367. The molecule has 0 aromatic heterocycles. The minimum atomic E-state index is -0.414. The number of benzene rings is 1. The predicted molar refractivity (Wildman–Crippen MR) is 68.4 cm³/mol. The van der Waals surface area contributed by atoms with Crippen molar-refractivity contribution in [3.63, 3.8) is 0 Å². The molecule has 0 aliphatic carbocycles. The maximum absolute atomic E-state index is 9.94. The average Bonchev–Trinajstić information content (AvgIpc) is 2.35. The van der Waals surface area contributed by atoms with Gasteiger partial charge in [-0.15, -0.1) is 6.42 Å². The first kappa shape index (κ1) is 12.6. The van der Waals surface area contributed by atoms with Crippen molar-refractivity contribution >= 4 is 5.69 Å². The molecule has 1 rings (SSSR count). The van der Waals surface area contributed by atoms with Crippen LogP contribution >= 0.6 is 0 Å². The van der Waals surface area contributed by atoms with Crippen LogP contribution in [0, 0.1) is 12.3 Å². The zero-order valence-electron chi connectivity index (χ0n) is 9.98. The van der Waals surface area contributed by atoms with Gasteiger partial charge in [-0.25, -0.2) is 0 Å². The van der Waals surface area contributed by atoms with Crippen molar-refractivity contribution in [3.05, 3.63) is 29.8 Å². The molecule has 0 radical (unpaired) electrons. The van der Waals surface area contributed by atoms with Crippen LogP contribution in [-0.4, -0.2) is 18.2 Å². The van der Waals surface area contributed by atoms with E-state index < -0.39 is 6.10 Å². The maximum Gasteiger partial charge on any atom is 0.0807 e. The molecule has 86 valence electrons. The summed E-state index contributed by atoms with van der Waals surface area (Å²) in [6.07, 6.45) is 5.65. The monoisotopic (exact) mass is 217 g/mol. The van der Waals surface area contributed by atoms with E-state index in [0.29, 0.717) is 13.0 Å². The minimum Gasteiger partial charge on any atom is -0.388 e. The molecule has 0 fully saturated rings. The van der Waals surface area contributed by atoms with Crippen LogP contribution in [0.1, 0.15) is 31.9 Å². The molecule has 0 unspecified atom stereocenters. The van der Waals surface area contributed by atoms with Gasteiger partial charge in [0.2, 0.25) is 0 Å². The number of anilines is 1. The standard InChI is InChI=1S/C14H19NO/c1-4-11-15(6-3)13-10-8-7-9-12(13)14(16)5-2/h1,7-10,14,16H,5-6,11H2,2-3H3/t14-/m0/s1. The van der Waals surface area contributed by atoms with Crippen LogP contribution in [0.4, 0.5) is 5.69 Å². The lowest BCUT2D eigenvalue weighted by molar-refractivity contribution is 0.174. The van der Waals surface area contributed by atoms with Gasteiger partial charge in [-0.3, -0.25) is 0 Å². The number of aliphatic hydroxyl groups is 1. The van der Waals surface area contributed by atoms with Crippen molar-refractivity contribution in [2.45, 2.75) is 26.4 Å². The number of aliphatic hydroxyl groups excluding tert-OH is 1. The van der Waals surface area contributed by atoms with Gasteiger partial charge in [0.15, 0.2) is 0 Å². The lowest BCUT2D eigenvalue weighted by Gasteiger charge is -2.25. The van der Waals surface area contributed by atoms with Gasteiger partial charge in [0.05, 0.1) is 12.6 Å². The quantitative estimate of drug-likeness (QED) is 0.766. The van der Waals surface area contributed by atoms with Crippen LogP contribution in [0.25, 0.3) is 0 Å². The van der Waals surface area contributed by atoms with Crippen LogP contribution in [0.15, 0.2) is 24.3 Å². The molecule has 0 saturated heterocycles. The van der Waals surface area contributed by atoms with Crippen molar-refractivity contribution in [1.82, 2.24) is 0 Å². The van der Waals surface area contributed by atoms with Crippen LogP contribution in [0.5, 0.6) is 0 Å². The molecule has 2 nitrogen and oxygen atoms in total. The first-order valence-electron chi connectivity index (χ1n) is 5.69. The lowest BCUT2D eigenvalue weighted by Crippen LogP contribution is -2.24. The SMILES string of the molecule is C#CCN(CC)c1ccccc1[C@@H](O)CC. The Morgan fingerprint density at radius 1 is 1.38 bits per heavy atom. The predicted octanol–water partition coefficient (Wildman–Crippen LogP) is 2.59. The highest BCUT2D eigenvalue weighted by Crippen LogP contribution is 2.27. The Balaban J connectivity index is 3.06. The highest BCUT2D eigenvalue weighted by atomic mass is 16.3. The Hall–Kier alpha value is -1.46. The van der Waals surface area contributed by atoms with Crippen LogP contribution in [0.2, 0.25) is 0 Å². The second kappa shape index (κ2) is 6.19.